The standard InChI is InChI=1S/C14H10ClNO2/c1-17-11-3-4-12-10(6-11)7-13(18-12)9-2-5-14(15)16-8-9/h2-8H,1H3. The number of benzene rings is 1. The summed E-state index contributed by atoms with van der Waals surface area (Å²) in [7, 11) is 1.64. The highest BCUT2D eigenvalue weighted by atomic mass is 35.5. The number of halogens is 1. The fraction of sp³-hybridized carbons (Fsp3) is 0.0714. The van der Waals surface area contributed by atoms with Crippen LogP contribution in [0.3, 0.4) is 0 Å². The molecular weight excluding hydrogens is 250 g/mol. The van der Waals surface area contributed by atoms with Gasteiger partial charge in [0.1, 0.15) is 22.2 Å². The molecule has 0 aliphatic carbocycles. The van der Waals surface area contributed by atoms with Crippen LogP contribution in [0.25, 0.3) is 22.3 Å². The van der Waals surface area contributed by atoms with E-state index >= 15 is 0 Å². The van der Waals surface area contributed by atoms with E-state index in [4.69, 9.17) is 20.8 Å². The van der Waals surface area contributed by atoms with Gasteiger partial charge < -0.3 is 9.15 Å². The van der Waals surface area contributed by atoms with Crippen molar-refractivity contribution in [2.24, 2.45) is 0 Å². The number of aromatic nitrogens is 1. The first-order chi connectivity index (χ1) is 8.76. The Bertz CT molecular complexity index is 689. The summed E-state index contributed by atoms with van der Waals surface area (Å²) in [6.07, 6.45) is 1.69. The lowest BCUT2D eigenvalue weighted by Crippen LogP contribution is -1.79. The minimum atomic E-state index is 0.469. The smallest absolute Gasteiger partial charge is 0.136 e. The Morgan fingerprint density at radius 3 is 2.78 bits per heavy atom. The zero-order valence-electron chi connectivity index (χ0n) is 9.68. The Kier molecular flexibility index (Phi) is 2.68. The Morgan fingerprint density at radius 1 is 1.17 bits per heavy atom. The van der Waals surface area contributed by atoms with Gasteiger partial charge in [-0.2, -0.15) is 0 Å². The van der Waals surface area contributed by atoms with Gasteiger partial charge in [-0.3, -0.25) is 0 Å². The molecule has 3 nitrogen and oxygen atoms in total. The summed E-state index contributed by atoms with van der Waals surface area (Å²) in [6.45, 7) is 0. The normalized spacial score (nSPS) is 10.8. The molecule has 90 valence electrons. The summed E-state index contributed by atoms with van der Waals surface area (Å²) < 4.78 is 10.9. The Balaban J connectivity index is 2.10. The third-order valence-electron chi connectivity index (χ3n) is 2.74. The number of rotatable bonds is 2. The van der Waals surface area contributed by atoms with Crippen LogP contribution in [-0.2, 0) is 0 Å². The molecule has 0 amide bonds. The van der Waals surface area contributed by atoms with Crippen LogP contribution in [-0.4, -0.2) is 12.1 Å². The van der Waals surface area contributed by atoms with Crippen molar-refractivity contribution < 1.29 is 9.15 Å². The van der Waals surface area contributed by atoms with Gasteiger partial charge >= 0.3 is 0 Å². The van der Waals surface area contributed by atoms with E-state index in [1.807, 2.05) is 30.3 Å². The van der Waals surface area contributed by atoms with Gasteiger partial charge in [0.25, 0.3) is 0 Å². The molecule has 0 aliphatic rings. The van der Waals surface area contributed by atoms with Gasteiger partial charge in [0, 0.05) is 17.1 Å². The van der Waals surface area contributed by atoms with E-state index in [0.717, 1.165) is 28.0 Å². The molecule has 0 unspecified atom stereocenters. The zero-order valence-corrected chi connectivity index (χ0v) is 10.4. The molecule has 2 heterocycles. The molecule has 0 saturated carbocycles. The van der Waals surface area contributed by atoms with E-state index in [0.29, 0.717) is 5.15 Å². The van der Waals surface area contributed by atoms with Crippen molar-refractivity contribution in [2.45, 2.75) is 0 Å². The monoisotopic (exact) mass is 259 g/mol. The summed E-state index contributed by atoms with van der Waals surface area (Å²) in [6, 6.07) is 11.3. The molecule has 0 fully saturated rings. The molecule has 3 aromatic rings. The van der Waals surface area contributed by atoms with Crippen LogP contribution in [0.1, 0.15) is 0 Å². The SMILES string of the molecule is COc1ccc2oc(-c3ccc(Cl)nc3)cc2c1. The second-order valence-electron chi connectivity index (χ2n) is 3.88. The molecule has 0 N–H and O–H groups in total. The predicted octanol–water partition coefficient (Wildman–Crippen LogP) is 4.16. The molecule has 0 atom stereocenters. The van der Waals surface area contributed by atoms with Crippen molar-refractivity contribution in [3.8, 4) is 17.1 Å². The second-order valence-corrected chi connectivity index (χ2v) is 4.27. The molecule has 4 heteroatoms. The molecule has 2 aromatic heterocycles. The second kappa shape index (κ2) is 4.35. The number of methoxy groups -OCH3 is 1. The van der Waals surface area contributed by atoms with Crippen LogP contribution in [0.15, 0.2) is 47.0 Å². The van der Waals surface area contributed by atoms with Crippen LogP contribution >= 0.6 is 11.6 Å². The fourth-order valence-electron chi connectivity index (χ4n) is 1.81. The maximum Gasteiger partial charge on any atom is 0.136 e. The largest absolute Gasteiger partial charge is 0.497 e. The number of hydrogen-bond donors (Lipinski definition) is 0. The van der Waals surface area contributed by atoms with E-state index in [1.165, 1.54) is 0 Å². The van der Waals surface area contributed by atoms with E-state index < -0.39 is 0 Å². The summed E-state index contributed by atoms with van der Waals surface area (Å²) in [5, 5.41) is 1.47. The molecule has 0 radical (unpaired) electrons. The average Bonchev–Trinajstić information content (AvgIpc) is 2.82. The van der Waals surface area contributed by atoms with Crippen molar-refractivity contribution >= 4 is 22.6 Å². The number of hydrogen-bond acceptors (Lipinski definition) is 3. The molecular formula is C14H10ClNO2. The minimum absolute atomic E-state index is 0.469. The van der Waals surface area contributed by atoms with Gasteiger partial charge in [-0.05, 0) is 36.4 Å². The summed E-state index contributed by atoms with van der Waals surface area (Å²) in [5.74, 6) is 1.58. The number of pyridine rings is 1. The molecule has 18 heavy (non-hydrogen) atoms. The molecule has 1 aromatic carbocycles. The minimum Gasteiger partial charge on any atom is -0.497 e. The van der Waals surface area contributed by atoms with Crippen LogP contribution < -0.4 is 4.74 Å². The van der Waals surface area contributed by atoms with Crippen LogP contribution in [0.2, 0.25) is 5.15 Å². The zero-order chi connectivity index (χ0) is 12.5. The van der Waals surface area contributed by atoms with Crippen molar-refractivity contribution in [3.63, 3.8) is 0 Å². The third-order valence-corrected chi connectivity index (χ3v) is 2.96. The van der Waals surface area contributed by atoms with Crippen LogP contribution in [0.4, 0.5) is 0 Å². The highest BCUT2D eigenvalue weighted by Gasteiger charge is 2.07. The van der Waals surface area contributed by atoms with Gasteiger partial charge in [0.2, 0.25) is 0 Å². The highest BCUT2D eigenvalue weighted by molar-refractivity contribution is 6.29. The van der Waals surface area contributed by atoms with Gasteiger partial charge in [0.05, 0.1) is 7.11 Å². The molecule has 0 saturated heterocycles. The fourth-order valence-corrected chi connectivity index (χ4v) is 1.92. The lowest BCUT2D eigenvalue weighted by atomic mass is 10.2. The lowest BCUT2D eigenvalue weighted by molar-refractivity contribution is 0.415. The Labute approximate surface area is 109 Å². The van der Waals surface area contributed by atoms with E-state index in [9.17, 15) is 0 Å². The quantitative estimate of drug-likeness (QED) is 0.648. The van der Waals surface area contributed by atoms with Gasteiger partial charge in [-0.1, -0.05) is 11.6 Å². The Hall–Kier alpha value is -2.00. The maximum absolute atomic E-state index is 5.76. The van der Waals surface area contributed by atoms with Crippen molar-refractivity contribution in [1.29, 1.82) is 0 Å². The van der Waals surface area contributed by atoms with Crippen LogP contribution in [0.5, 0.6) is 5.75 Å². The van der Waals surface area contributed by atoms with Crippen LogP contribution in [0, 0.1) is 0 Å². The summed E-state index contributed by atoms with van der Waals surface area (Å²) >= 11 is 5.76. The van der Waals surface area contributed by atoms with E-state index in [1.54, 1.807) is 19.4 Å². The summed E-state index contributed by atoms with van der Waals surface area (Å²) in [5.41, 5.74) is 1.72. The third kappa shape index (κ3) is 1.93. The van der Waals surface area contributed by atoms with E-state index in [-0.39, 0.29) is 0 Å². The Morgan fingerprint density at radius 2 is 2.06 bits per heavy atom. The first-order valence-corrected chi connectivity index (χ1v) is 5.83. The van der Waals surface area contributed by atoms with Crippen molar-refractivity contribution in [1.82, 2.24) is 4.98 Å². The predicted molar refractivity (Wildman–Crippen MR) is 71.0 cm³/mol. The maximum atomic E-state index is 5.76. The number of furan rings is 1. The molecule has 0 bridgehead atoms. The van der Waals surface area contributed by atoms with E-state index in [2.05, 4.69) is 4.98 Å². The molecule has 3 rings (SSSR count). The highest BCUT2D eigenvalue weighted by Crippen LogP contribution is 2.30. The van der Waals surface area contributed by atoms with Crippen molar-refractivity contribution in [2.75, 3.05) is 7.11 Å². The first kappa shape index (κ1) is 11.1. The van der Waals surface area contributed by atoms with Gasteiger partial charge in [-0.15, -0.1) is 0 Å². The summed E-state index contributed by atoms with van der Waals surface area (Å²) in [4.78, 5) is 4.04. The first-order valence-electron chi connectivity index (χ1n) is 5.46. The average molecular weight is 260 g/mol. The number of fused-ring (bicyclic) bond motifs is 1. The van der Waals surface area contributed by atoms with Gasteiger partial charge in [0.15, 0.2) is 0 Å². The number of ether oxygens (including phenoxy) is 1. The van der Waals surface area contributed by atoms with Gasteiger partial charge in [-0.25, -0.2) is 4.98 Å². The van der Waals surface area contributed by atoms with Crippen molar-refractivity contribution in [3.05, 3.63) is 47.7 Å². The lowest BCUT2D eigenvalue weighted by Gasteiger charge is -1.96. The topological polar surface area (TPSA) is 35.3 Å². The molecule has 0 aliphatic heterocycles. The molecule has 0 spiro atoms. The number of nitrogens with zero attached hydrogens (tertiary/aromatic N) is 1.